The summed E-state index contributed by atoms with van der Waals surface area (Å²) >= 11 is 0. The van der Waals surface area contributed by atoms with Gasteiger partial charge in [-0.3, -0.25) is 9.78 Å². The lowest BCUT2D eigenvalue weighted by Gasteiger charge is -2.10. The van der Waals surface area contributed by atoms with Gasteiger partial charge in [-0.25, -0.2) is 0 Å². The van der Waals surface area contributed by atoms with Crippen LogP contribution in [0.2, 0.25) is 0 Å². The van der Waals surface area contributed by atoms with Crippen LogP contribution >= 0.6 is 0 Å². The van der Waals surface area contributed by atoms with Crippen LogP contribution in [0.4, 0.5) is 0 Å². The average Bonchev–Trinajstić information content (AvgIpc) is 2.56. The number of pyridine rings is 1. The normalized spacial score (nSPS) is 10.3. The minimum atomic E-state index is -0.471. The first-order chi connectivity index (χ1) is 10.3. The lowest BCUT2D eigenvalue weighted by atomic mass is 9.95. The Morgan fingerprint density at radius 3 is 2.10 bits per heavy atom. The Balaban J connectivity index is 2.16. The van der Waals surface area contributed by atoms with E-state index in [0.29, 0.717) is 5.56 Å². The predicted octanol–water partition coefficient (Wildman–Crippen LogP) is 3.51. The molecule has 0 bridgehead atoms. The molecule has 0 aliphatic carbocycles. The average molecular weight is 274 g/mol. The van der Waals surface area contributed by atoms with Gasteiger partial charge in [0.15, 0.2) is 0 Å². The Bertz CT molecular complexity index is 782. The number of primary amides is 1. The highest BCUT2D eigenvalue weighted by Crippen LogP contribution is 2.31. The van der Waals surface area contributed by atoms with E-state index in [1.165, 1.54) is 6.20 Å². The zero-order valence-corrected chi connectivity index (χ0v) is 11.4. The molecule has 2 N–H and O–H groups in total. The van der Waals surface area contributed by atoms with Gasteiger partial charge in [-0.15, -0.1) is 0 Å². The van der Waals surface area contributed by atoms with Gasteiger partial charge in [-0.2, -0.15) is 0 Å². The number of hydrogen-bond acceptors (Lipinski definition) is 2. The minimum Gasteiger partial charge on any atom is -0.366 e. The molecule has 3 nitrogen and oxygen atoms in total. The van der Waals surface area contributed by atoms with Crippen molar-refractivity contribution in [2.45, 2.75) is 0 Å². The highest BCUT2D eigenvalue weighted by Gasteiger charge is 2.09. The van der Waals surface area contributed by atoms with Gasteiger partial charge in [0.05, 0.1) is 5.56 Å². The van der Waals surface area contributed by atoms with Gasteiger partial charge in [0.25, 0.3) is 0 Å². The van der Waals surface area contributed by atoms with Gasteiger partial charge in [0.1, 0.15) is 0 Å². The monoisotopic (exact) mass is 274 g/mol. The topological polar surface area (TPSA) is 56.0 Å². The van der Waals surface area contributed by atoms with E-state index in [0.717, 1.165) is 22.3 Å². The number of carbonyl (C=O) groups excluding carboxylic acids is 1. The first-order valence-corrected chi connectivity index (χ1v) is 6.65. The molecule has 0 fully saturated rings. The molecule has 0 saturated heterocycles. The molecule has 21 heavy (non-hydrogen) atoms. The molecular formula is C18H14N2O. The molecule has 0 spiro atoms. The smallest absolute Gasteiger partial charge is 0.250 e. The summed E-state index contributed by atoms with van der Waals surface area (Å²) in [5.41, 5.74) is 9.87. The first kappa shape index (κ1) is 13.1. The maximum Gasteiger partial charge on any atom is 0.250 e. The van der Waals surface area contributed by atoms with E-state index in [2.05, 4.69) is 23.2 Å². The fourth-order valence-corrected chi connectivity index (χ4v) is 2.33. The number of rotatable bonds is 3. The van der Waals surface area contributed by atoms with Crippen LogP contribution in [0.15, 0.2) is 73.1 Å². The zero-order chi connectivity index (χ0) is 14.7. The van der Waals surface area contributed by atoms with Crippen molar-refractivity contribution in [2.24, 2.45) is 5.73 Å². The van der Waals surface area contributed by atoms with Gasteiger partial charge in [-0.05, 0) is 22.8 Å². The van der Waals surface area contributed by atoms with Gasteiger partial charge in [0, 0.05) is 18.0 Å². The van der Waals surface area contributed by atoms with Crippen LogP contribution in [0.3, 0.4) is 0 Å². The molecule has 0 atom stereocenters. The molecule has 3 heteroatoms. The second-order valence-electron chi connectivity index (χ2n) is 4.74. The molecule has 0 aliphatic heterocycles. The lowest BCUT2D eigenvalue weighted by molar-refractivity contribution is 0.1000. The van der Waals surface area contributed by atoms with Crippen molar-refractivity contribution in [2.75, 3.05) is 0 Å². The Labute approximate surface area is 123 Å². The molecule has 0 radical (unpaired) electrons. The summed E-state index contributed by atoms with van der Waals surface area (Å²) in [4.78, 5) is 15.4. The molecule has 2 aromatic carbocycles. The van der Waals surface area contributed by atoms with E-state index in [1.54, 1.807) is 12.3 Å². The number of carbonyl (C=O) groups is 1. The van der Waals surface area contributed by atoms with Gasteiger partial charge >= 0.3 is 0 Å². The minimum absolute atomic E-state index is 0.412. The summed E-state index contributed by atoms with van der Waals surface area (Å²) < 4.78 is 0. The fourth-order valence-electron chi connectivity index (χ4n) is 2.33. The summed E-state index contributed by atoms with van der Waals surface area (Å²) in [6.45, 7) is 0. The molecule has 0 saturated carbocycles. The van der Waals surface area contributed by atoms with Crippen LogP contribution < -0.4 is 5.73 Å². The third kappa shape index (κ3) is 2.67. The van der Waals surface area contributed by atoms with Gasteiger partial charge < -0.3 is 5.73 Å². The Hall–Kier alpha value is -2.94. The molecule has 3 aromatic rings. The zero-order valence-electron chi connectivity index (χ0n) is 11.4. The van der Waals surface area contributed by atoms with Gasteiger partial charge in [0.2, 0.25) is 5.91 Å². The van der Waals surface area contributed by atoms with Crippen LogP contribution in [0.25, 0.3) is 22.3 Å². The highest BCUT2D eigenvalue weighted by atomic mass is 16.1. The SMILES string of the molecule is NC(=O)c1cncc(-c2ccccc2-c2ccccc2)c1. The number of hydrogen-bond donors (Lipinski definition) is 1. The summed E-state index contributed by atoms with van der Waals surface area (Å²) in [5, 5.41) is 0. The summed E-state index contributed by atoms with van der Waals surface area (Å²) in [6, 6.07) is 19.9. The molecular weight excluding hydrogens is 260 g/mol. The Morgan fingerprint density at radius 2 is 1.43 bits per heavy atom. The van der Waals surface area contributed by atoms with Crippen LogP contribution in [-0.2, 0) is 0 Å². The maximum absolute atomic E-state index is 11.3. The van der Waals surface area contributed by atoms with Crippen LogP contribution in [0.5, 0.6) is 0 Å². The molecule has 3 rings (SSSR count). The lowest BCUT2D eigenvalue weighted by Crippen LogP contribution is -2.11. The Morgan fingerprint density at radius 1 is 0.810 bits per heavy atom. The number of amides is 1. The summed E-state index contributed by atoms with van der Waals surface area (Å²) in [7, 11) is 0. The van der Waals surface area contributed by atoms with Crippen molar-refractivity contribution < 1.29 is 4.79 Å². The van der Waals surface area contributed by atoms with E-state index < -0.39 is 5.91 Å². The molecule has 102 valence electrons. The predicted molar refractivity (Wildman–Crippen MR) is 83.6 cm³/mol. The fraction of sp³-hybridized carbons (Fsp3) is 0. The summed E-state index contributed by atoms with van der Waals surface area (Å²) in [6.07, 6.45) is 3.23. The first-order valence-electron chi connectivity index (χ1n) is 6.65. The molecule has 1 heterocycles. The van der Waals surface area contributed by atoms with Crippen molar-refractivity contribution >= 4 is 5.91 Å². The molecule has 0 aliphatic rings. The number of nitrogens with two attached hydrogens (primary N) is 1. The largest absolute Gasteiger partial charge is 0.366 e. The highest BCUT2D eigenvalue weighted by molar-refractivity contribution is 5.94. The van der Waals surface area contributed by atoms with E-state index >= 15 is 0 Å². The second-order valence-corrected chi connectivity index (χ2v) is 4.74. The van der Waals surface area contributed by atoms with Crippen LogP contribution in [0, 0.1) is 0 Å². The van der Waals surface area contributed by atoms with E-state index in [4.69, 9.17) is 5.73 Å². The van der Waals surface area contributed by atoms with Gasteiger partial charge in [-0.1, -0.05) is 54.6 Å². The quantitative estimate of drug-likeness (QED) is 0.794. The molecule has 0 unspecified atom stereocenters. The molecule has 1 aromatic heterocycles. The van der Waals surface area contributed by atoms with Crippen molar-refractivity contribution in [1.82, 2.24) is 4.98 Å². The van der Waals surface area contributed by atoms with Crippen LogP contribution in [-0.4, -0.2) is 10.9 Å². The second kappa shape index (κ2) is 5.59. The maximum atomic E-state index is 11.3. The standard InChI is InChI=1S/C18H14N2O/c19-18(21)15-10-14(11-20-12-15)17-9-5-4-8-16(17)13-6-2-1-3-7-13/h1-12H,(H2,19,21). The van der Waals surface area contributed by atoms with Crippen molar-refractivity contribution in [1.29, 1.82) is 0 Å². The van der Waals surface area contributed by atoms with Crippen LogP contribution in [0.1, 0.15) is 10.4 Å². The van der Waals surface area contributed by atoms with Crippen molar-refractivity contribution in [3.63, 3.8) is 0 Å². The third-order valence-corrected chi connectivity index (χ3v) is 3.35. The number of aromatic nitrogens is 1. The van der Waals surface area contributed by atoms with E-state index in [-0.39, 0.29) is 0 Å². The number of benzene rings is 2. The van der Waals surface area contributed by atoms with Crippen molar-refractivity contribution in [3.8, 4) is 22.3 Å². The summed E-state index contributed by atoms with van der Waals surface area (Å²) in [5.74, 6) is -0.471. The van der Waals surface area contributed by atoms with E-state index in [9.17, 15) is 4.79 Å². The van der Waals surface area contributed by atoms with Crippen molar-refractivity contribution in [3.05, 3.63) is 78.6 Å². The third-order valence-electron chi connectivity index (χ3n) is 3.35. The Kier molecular flexibility index (Phi) is 3.48. The van der Waals surface area contributed by atoms with E-state index in [1.807, 2.05) is 36.4 Å². The molecule has 1 amide bonds. The number of nitrogens with zero attached hydrogens (tertiary/aromatic N) is 1.